The first-order chi connectivity index (χ1) is 15.4. The van der Waals surface area contributed by atoms with Crippen LogP contribution in [0.2, 0.25) is 0 Å². The highest BCUT2D eigenvalue weighted by Gasteiger charge is 2.51. The average molecular weight is 468 g/mol. The van der Waals surface area contributed by atoms with E-state index in [1.54, 1.807) is 7.11 Å². The van der Waals surface area contributed by atoms with E-state index in [0.717, 1.165) is 38.5 Å². The third-order valence-electron chi connectivity index (χ3n) is 6.40. The molecule has 2 fully saturated rings. The molecule has 0 bridgehead atoms. The maximum absolute atomic E-state index is 12.6. The lowest BCUT2D eigenvalue weighted by molar-refractivity contribution is -0.260. The second-order valence-corrected chi connectivity index (χ2v) is 10.9. The number of ether oxygens (including phenoxy) is 3. The number of rotatable bonds is 9. The van der Waals surface area contributed by atoms with Crippen LogP contribution in [0.25, 0.3) is 0 Å². The molecule has 190 valence electrons. The fraction of sp³-hybridized carbons (Fsp3) is 0.840. The van der Waals surface area contributed by atoms with E-state index in [9.17, 15) is 9.59 Å². The van der Waals surface area contributed by atoms with Crippen molar-refractivity contribution in [2.45, 2.75) is 103 Å². The predicted molar refractivity (Wildman–Crippen MR) is 129 cm³/mol. The van der Waals surface area contributed by atoms with Gasteiger partial charge in [-0.1, -0.05) is 33.8 Å². The molecule has 8 nitrogen and oxygen atoms in total. The largest absolute Gasteiger partial charge is 0.444 e. The Kier molecular flexibility index (Phi) is 9.76. The number of methoxy groups -OCH3 is 1. The molecule has 0 aromatic rings. The minimum Gasteiger partial charge on any atom is -0.444 e. The van der Waals surface area contributed by atoms with Gasteiger partial charge in [-0.2, -0.15) is 0 Å². The zero-order valence-corrected chi connectivity index (χ0v) is 21.6. The van der Waals surface area contributed by atoms with Gasteiger partial charge in [0.05, 0.1) is 24.8 Å². The summed E-state index contributed by atoms with van der Waals surface area (Å²) in [6.07, 6.45) is 4.82. The smallest absolute Gasteiger partial charge is 0.408 e. The molecule has 2 rings (SSSR count). The van der Waals surface area contributed by atoms with Crippen molar-refractivity contribution >= 4 is 12.4 Å². The summed E-state index contributed by atoms with van der Waals surface area (Å²) in [6.45, 7) is 17.3. The molecule has 2 saturated heterocycles. The molecule has 2 N–H and O–H groups in total. The summed E-state index contributed by atoms with van der Waals surface area (Å²) < 4.78 is 17.5. The normalized spacial score (nSPS) is 29.9. The standard InChI is InChI=1S/C25H45N3O5/c1-17(2)13-22(26-23(30)33-24(5,6)7)19(4)27-25(18(3)14-21(31-8)16-32-25)28-12-10-9-11-20(28)15-29/h15,17-18,20-22,27H,4,9-14,16H2,1-3,5-8H3,(H,26,30). The molecule has 0 radical (unpaired) electrons. The van der Waals surface area contributed by atoms with Crippen LogP contribution in [0.15, 0.2) is 12.3 Å². The van der Waals surface area contributed by atoms with Gasteiger partial charge in [0, 0.05) is 25.3 Å². The monoisotopic (exact) mass is 467 g/mol. The lowest BCUT2D eigenvalue weighted by Gasteiger charge is -2.55. The van der Waals surface area contributed by atoms with Crippen LogP contribution in [-0.2, 0) is 19.0 Å². The van der Waals surface area contributed by atoms with Crippen molar-refractivity contribution in [2.75, 3.05) is 20.3 Å². The summed E-state index contributed by atoms with van der Waals surface area (Å²) in [6, 6.07) is -0.588. The lowest BCUT2D eigenvalue weighted by atomic mass is 9.89. The fourth-order valence-corrected chi connectivity index (χ4v) is 4.78. The van der Waals surface area contributed by atoms with Crippen LogP contribution in [0.3, 0.4) is 0 Å². The van der Waals surface area contributed by atoms with Gasteiger partial charge < -0.3 is 29.6 Å². The molecular formula is C25H45N3O5. The topological polar surface area (TPSA) is 89.1 Å². The number of carbonyl (C=O) groups excluding carboxylic acids is 2. The van der Waals surface area contributed by atoms with Crippen molar-refractivity contribution in [3.63, 3.8) is 0 Å². The maximum Gasteiger partial charge on any atom is 0.408 e. The summed E-state index contributed by atoms with van der Waals surface area (Å²) >= 11 is 0. The van der Waals surface area contributed by atoms with Gasteiger partial charge in [-0.15, -0.1) is 0 Å². The Balaban J connectivity index is 2.31. The average Bonchev–Trinajstić information content (AvgIpc) is 2.72. The molecular weight excluding hydrogens is 422 g/mol. The third-order valence-corrected chi connectivity index (χ3v) is 6.40. The van der Waals surface area contributed by atoms with E-state index in [0.29, 0.717) is 24.6 Å². The highest BCUT2D eigenvalue weighted by Crippen LogP contribution is 2.38. The van der Waals surface area contributed by atoms with E-state index in [1.165, 1.54) is 0 Å². The van der Waals surface area contributed by atoms with Crippen LogP contribution in [0.4, 0.5) is 4.79 Å². The molecule has 1 amide bonds. The Morgan fingerprint density at radius 3 is 2.58 bits per heavy atom. The number of carbonyl (C=O) groups is 2. The van der Waals surface area contributed by atoms with Gasteiger partial charge in [-0.3, -0.25) is 0 Å². The molecule has 2 aliphatic heterocycles. The van der Waals surface area contributed by atoms with E-state index in [2.05, 4.69) is 42.9 Å². The van der Waals surface area contributed by atoms with Gasteiger partial charge in [0.1, 0.15) is 11.9 Å². The summed E-state index contributed by atoms with van der Waals surface area (Å²) in [7, 11) is 1.69. The lowest BCUT2D eigenvalue weighted by Crippen LogP contribution is -2.71. The van der Waals surface area contributed by atoms with Crippen LogP contribution in [0.5, 0.6) is 0 Å². The number of likely N-dealkylation sites (tertiary alicyclic amines) is 1. The summed E-state index contributed by atoms with van der Waals surface area (Å²) in [5, 5.41) is 6.54. The van der Waals surface area contributed by atoms with E-state index in [-0.39, 0.29) is 24.1 Å². The molecule has 2 heterocycles. The highest BCUT2D eigenvalue weighted by molar-refractivity contribution is 5.68. The first-order valence-electron chi connectivity index (χ1n) is 12.3. The highest BCUT2D eigenvalue weighted by atomic mass is 16.6. The van der Waals surface area contributed by atoms with Gasteiger partial charge in [-0.05, 0) is 52.4 Å². The van der Waals surface area contributed by atoms with Crippen LogP contribution in [-0.4, -0.2) is 67.2 Å². The van der Waals surface area contributed by atoms with Gasteiger partial charge in [0.15, 0.2) is 0 Å². The molecule has 0 aliphatic carbocycles. The Morgan fingerprint density at radius 1 is 1.33 bits per heavy atom. The number of hydrogen-bond acceptors (Lipinski definition) is 7. The second kappa shape index (κ2) is 11.7. The molecule has 5 atom stereocenters. The third kappa shape index (κ3) is 7.42. The van der Waals surface area contributed by atoms with Crippen molar-refractivity contribution in [3.05, 3.63) is 12.3 Å². The molecule has 0 aromatic heterocycles. The summed E-state index contributed by atoms with van der Waals surface area (Å²) in [5.74, 6) is -0.558. The number of nitrogens with zero attached hydrogens (tertiary/aromatic N) is 1. The fourth-order valence-electron chi connectivity index (χ4n) is 4.78. The van der Waals surface area contributed by atoms with Crippen molar-refractivity contribution in [2.24, 2.45) is 11.8 Å². The van der Waals surface area contributed by atoms with Gasteiger partial charge >= 0.3 is 6.09 Å². The number of nitrogens with one attached hydrogen (secondary N) is 2. The molecule has 0 saturated carbocycles. The number of piperidine rings is 1. The molecule has 0 aromatic carbocycles. The maximum atomic E-state index is 12.6. The van der Waals surface area contributed by atoms with Crippen LogP contribution >= 0.6 is 0 Å². The Labute approximate surface area is 199 Å². The number of hydrogen-bond donors (Lipinski definition) is 2. The quantitative estimate of drug-likeness (QED) is 0.499. The summed E-state index contributed by atoms with van der Waals surface area (Å²) in [5.41, 5.74) is 0.0522. The van der Waals surface area contributed by atoms with Gasteiger partial charge in [0.25, 0.3) is 0 Å². The van der Waals surface area contributed by atoms with Gasteiger partial charge in [0.2, 0.25) is 5.85 Å². The SMILES string of the molecule is C=C(NC1(N2CCCCC2C=O)OCC(OC)CC1C)C(CC(C)C)NC(=O)OC(C)(C)C. The summed E-state index contributed by atoms with van der Waals surface area (Å²) in [4.78, 5) is 26.7. The second-order valence-electron chi connectivity index (χ2n) is 10.9. The van der Waals surface area contributed by atoms with Crippen molar-refractivity contribution in [1.82, 2.24) is 15.5 Å². The van der Waals surface area contributed by atoms with E-state index < -0.39 is 17.5 Å². The van der Waals surface area contributed by atoms with E-state index in [4.69, 9.17) is 14.2 Å². The first kappa shape index (κ1) is 27.6. The van der Waals surface area contributed by atoms with Crippen molar-refractivity contribution in [3.8, 4) is 0 Å². The molecule has 2 aliphatic rings. The zero-order chi connectivity index (χ0) is 24.8. The first-order valence-corrected chi connectivity index (χ1v) is 12.3. The van der Waals surface area contributed by atoms with Crippen molar-refractivity contribution < 1.29 is 23.8 Å². The van der Waals surface area contributed by atoms with Crippen LogP contribution in [0, 0.1) is 11.8 Å². The van der Waals surface area contributed by atoms with Gasteiger partial charge in [-0.25, -0.2) is 9.69 Å². The van der Waals surface area contributed by atoms with Crippen LogP contribution < -0.4 is 10.6 Å². The Hall–Kier alpha value is -1.64. The predicted octanol–water partition coefficient (Wildman–Crippen LogP) is 3.81. The Morgan fingerprint density at radius 2 is 2.03 bits per heavy atom. The number of alkyl carbamates (subject to hydrolysis) is 1. The molecule has 8 heteroatoms. The molecule has 0 spiro atoms. The van der Waals surface area contributed by atoms with Crippen LogP contribution in [0.1, 0.15) is 73.6 Å². The van der Waals surface area contributed by atoms with E-state index >= 15 is 0 Å². The molecule has 5 unspecified atom stereocenters. The minimum atomic E-state index is -0.900. The molecule has 33 heavy (non-hydrogen) atoms. The van der Waals surface area contributed by atoms with Crippen molar-refractivity contribution in [1.29, 1.82) is 0 Å². The number of amides is 1. The van der Waals surface area contributed by atoms with E-state index in [1.807, 2.05) is 20.8 Å². The minimum absolute atomic E-state index is 0.00555. The number of aldehydes is 1. The zero-order valence-electron chi connectivity index (χ0n) is 21.6. The Bertz CT molecular complexity index is 677.